The van der Waals surface area contributed by atoms with Gasteiger partial charge < -0.3 is 19.6 Å². The maximum atomic E-state index is 12.5. The number of aliphatic carboxylic acids is 1. The van der Waals surface area contributed by atoms with Crippen molar-refractivity contribution >= 4 is 22.8 Å². The van der Waals surface area contributed by atoms with E-state index < -0.39 is 11.4 Å². The molecule has 0 saturated carbocycles. The monoisotopic (exact) mass is 331 g/mol. The summed E-state index contributed by atoms with van der Waals surface area (Å²) in [4.78, 5) is 24.2. The van der Waals surface area contributed by atoms with Gasteiger partial charge in [0.25, 0.3) is 5.91 Å². The molecule has 6 nitrogen and oxygen atoms in total. The highest BCUT2D eigenvalue weighted by Gasteiger charge is 2.40. The lowest BCUT2D eigenvalue weighted by Gasteiger charge is -2.32. The summed E-state index contributed by atoms with van der Waals surface area (Å²) in [6, 6.07) is 5.76. The van der Waals surface area contributed by atoms with Crippen LogP contribution in [0.1, 0.15) is 34.5 Å². The summed E-state index contributed by atoms with van der Waals surface area (Å²) in [6.07, 6.45) is 0.779. The van der Waals surface area contributed by atoms with Crippen LogP contribution in [0.3, 0.4) is 0 Å². The molecule has 2 heterocycles. The van der Waals surface area contributed by atoms with Crippen LogP contribution in [0.2, 0.25) is 0 Å². The van der Waals surface area contributed by atoms with Crippen LogP contribution in [0.4, 0.5) is 0 Å². The van der Waals surface area contributed by atoms with Crippen molar-refractivity contribution in [2.45, 2.75) is 26.7 Å². The molecule has 1 aliphatic rings. The molecule has 1 fully saturated rings. The van der Waals surface area contributed by atoms with Gasteiger partial charge >= 0.3 is 5.97 Å². The Kier molecular flexibility index (Phi) is 4.32. The van der Waals surface area contributed by atoms with Gasteiger partial charge in [0.2, 0.25) is 0 Å². The number of benzene rings is 1. The van der Waals surface area contributed by atoms with Gasteiger partial charge in [-0.2, -0.15) is 0 Å². The molecule has 24 heavy (non-hydrogen) atoms. The van der Waals surface area contributed by atoms with E-state index in [4.69, 9.17) is 9.15 Å². The van der Waals surface area contributed by atoms with E-state index in [9.17, 15) is 14.7 Å². The number of hydrogen-bond donors (Lipinski definition) is 2. The average molecular weight is 331 g/mol. The first-order valence-corrected chi connectivity index (χ1v) is 8.03. The number of nitrogens with one attached hydrogen (secondary N) is 1. The maximum Gasteiger partial charge on any atom is 0.311 e. The quantitative estimate of drug-likeness (QED) is 0.899. The number of carbonyl (C=O) groups excluding carboxylic acids is 1. The predicted octanol–water partition coefficient (Wildman–Crippen LogP) is 2.66. The van der Waals surface area contributed by atoms with Gasteiger partial charge in [-0.25, -0.2) is 0 Å². The number of carboxylic acid groups (broad SMARTS) is 1. The summed E-state index contributed by atoms with van der Waals surface area (Å²) in [6.45, 7) is 4.62. The number of hydrogen-bond acceptors (Lipinski definition) is 4. The van der Waals surface area contributed by atoms with Crippen molar-refractivity contribution in [1.29, 1.82) is 0 Å². The third kappa shape index (κ3) is 2.78. The van der Waals surface area contributed by atoms with E-state index in [0.717, 1.165) is 16.5 Å². The van der Waals surface area contributed by atoms with Crippen molar-refractivity contribution in [1.82, 2.24) is 5.32 Å². The van der Waals surface area contributed by atoms with E-state index in [1.165, 1.54) is 0 Å². The zero-order valence-electron chi connectivity index (χ0n) is 13.8. The Labute approximate surface area is 139 Å². The molecule has 0 bridgehead atoms. The van der Waals surface area contributed by atoms with Crippen LogP contribution in [0.5, 0.6) is 0 Å². The van der Waals surface area contributed by atoms with E-state index in [-0.39, 0.29) is 18.2 Å². The summed E-state index contributed by atoms with van der Waals surface area (Å²) in [5.41, 5.74) is 1.45. The lowest BCUT2D eigenvalue weighted by Crippen LogP contribution is -2.46. The van der Waals surface area contributed by atoms with Crippen molar-refractivity contribution in [3.8, 4) is 0 Å². The minimum atomic E-state index is -0.969. The second kappa shape index (κ2) is 6.28. The first-order valence-electron chi connectivity index (χ1n) is 8.03. The fraction of sp³-hybridized carbons (Fsp3) is 0.444. The molecule has 0 aliphatic carbocycles. The first kappa shape index (κ1) is 16.5. The summed E-state index contributed by atoms with van der Waals surface area (Å²) in [5, 5.41) is 13.2. The van der Waals surface area contributed by atoms with E-state index in [0.29, 0.717) is 31.6 Å². The number of para-hydroxylation sites is 1. The molecule has 2 aromatic rings. The molecule has 1 aromatic heterocycles. The van der Waals surface area contributed by atoms with Crippen molar-refractivity contribution in [3.05, 3.63) is 35.1 Å². The molecular weight excluding hydrogens is 310 g/mol. The van der Waals surface area contributed by atoms with Gasteiger partial charge in [0.1, 0.15) is 5.58 Å². The Hall–Kier alpha value is -2.34. The number of furan rings is 1. The average Bonchev–Trinajstić information content (AvgIpc) is 2.92. The molecule has 3 rings (SSSR count). The standard InChI is InChI=1S/C18H21NO5/c1-11-4-3-5-13-12(2)15(24-14(11)13)16(20)19-10-18(17(21)22)6-8-23-9-7-18/h3-5H,6-10H2,1-2H3,(H,19,20)(H,21,22). The van der Waals surface area contributed by atoms with Crippen LogP contribution in [-0.2, 0) is 9.53 Å². The van der Waals surface area contributed by atoms with E-state index in [1.54, 1.807) is 0 Å². The summed E-state index contributed by atoms with van der Waals surface area (Å²) < 4.78 is 11.0. The largest absolute Gasteiger partial charge is 0.481 e. The highest BCUT2D eigenvalue weighted by Crippen LogP contribution is 2.31. The van der Waals surface area contributed by atoms with Crippen molar-refractivity contribution in [2.75, 3.05) is 19.8 Å². The first-order chi connectivity index (χ1) is 11.4. The maximum absolute atomic E-state index is 12.5. The van der Waals surface area contributed by atoms with Crippen molar-refractivity contribution in [3.63, 3.8) is 0 Å². The van der Waals surface area contributed by atoms with Gasteiger partial charge in [-0.1, -0.05) is 18.2 Å². The number of carboxylic acids is 1. The van der Waals surface area contributed by atoms with Gasteiger partial charge in [0.05, 0.1) is 5.41 Å². The Morgan fingerprint density at radius 2 is 1.96 bits per heavy atom. The molecule has 1 amide bonds. The molecule has 0 spiro atoms. The molecule has 0 atom stereocenters. The third-order valence-electron chi connectivity index (χ3n) is 4.86. The molecule has 2 N–H and O–H groups in total. The number of ether oxygens (including phenoxy) is 1. The molecule has 0 unspecified atom stereocenters. The van der Waals surface area contributed by atoms with Crippen molar-refractivity contribution in [2.24, 2.45) is 5.41 Å². The highest BCUT2D eigenvalue weighted by molar-refractivity contribution is 5.99. The van der Waals surface area contributed by atoms with E-state index in [2.05, 4.69) is 5.32 Å². The number of rotatable bonds is 4. The summed E-state index contributed by atoms with van der Waals surface area (Å²) in [5.74, 6) is -1.04. The second-order valence-corrected chi connectivity index (χ2v) is 6.39. The van der Waals surface area contributed by atoms with Gasteiger partial charge in [-0.3, -0.25) is 9.59 Å². The molecule has 6 heteroatoms. The molecule has 1 aliphatic heterocycles. The normalized spacial score (nSPS) is 16.9. The third-order valence-corrected chi connectivity index (χ3v) is 4.86. The van der Waals surface area contributed by atoms with E-state index >= 15 is 0 Å². The van der Waals surface area contributed by atoms with Crippen LogP contribution in [-0.4, -0.2) is 36.7 Å². The summed E-state index contributed by atoms with van der Waals surface area (Å²) >= 11 is 0. The zero-order chi connectivity index (χ0) is 17.3. The van der Waals surface area contributed by atoms with Gasteiger partial charge in [-0.15, -0.1) is 0 Å². The number of carbonyl (C=O) groups is 2. The molecular formula is C18H21NO5. The zero-order valence-corrected chi connectivity index (χ0v) is 13.8. The predicted molar refractivity (Wildman–Crippen MR) is 88.1 cm³/mol. The fourth-order valence-electron chi connectivity index (χ4n) is 3.16. The highest BCUT2D eigenvalue weighted by atomic mass is 16.5. The van der Waals surface area contributed by atoms with Gasteiger partial charge in [0.15, 0.2) is 5.76 Å². The van der Waals surface area contributed by atoms with Gasteiger partial charge in [-0.05, 0) is 32.3 Å². The summed E-state index contributed by atoms with van der Waals surface area (Å²) in [7, 11) is 0. The van der Waals surface area contributed by atoms with Crippen molar-refractivity contribution < 1.29 is 23.8 Å². The fourth-order valence-corrected chi connectivity index (χ4v) is 3.16. The Bertz CT molecular complexity index is 786. The Morgan fingerprint density at radius 1 is 1.25 bits per heavy atom. The Balaban J connectivity index is 1.81. The number of amides is 1. The topological polar surface area (TPSA) is 88.8 Å². The second-order valence-electron chi connectivity index (χ2n) is 6.39. The van der Waals surface area contributed by atoms with Gasteiger partial charge in [0, 0.05) is 30.7 Å². The molecule has 0 radical (unpaired) electrons. The van der Waals surface area contributed by atoms with Crippen LogP contribution in [0, 0.1) is 19.3 Å². The molecule has 1 aromatic carbocycles. The van der Waals surface area contributed by atoms with Crippen LogP contribution >= 0.6 is 0 Å². The lowest BCUT2D eigenvalue weighted by molar-refractivity contribution is -0.154. The lowest BCUT2D eigenvalue weighted by atomic mass is 9.80. The Morgan fingerprint density at radius 3 is 2.58 bits per heavy atom. The number of fused-ring (bicyclic) bond motifs is 1. The molecule has 128 valence electrons. The van der Waals surface area contributed by atoms with Crippen LogP contribution < -0.4 is 5.32 Å². The van der Waals surface area contributed by atoms with E-state index in [1.807, 2.05) is 32.0 Å². The number of aryl methyl sites for hydroxylation is 2. The van der Waals surface area contributed by atoms with Crippen LogP contribution in [0.15, 0.2) is 22.6 Å². The molecule has 1 saturated heterocycles. The minimum absolute atomic E-state index is 0.0694. The van der Waals surface area contributed by atoms with Crippen LogP contribution in [0.25, 0.3) is 11.0 Å². The minimum Gasteiger partial charge on any atom is -0.481 e. The smallest absolute Gasteiger partial charge is 0.311 e. The SMILES string of the molecule is Cc1c(C(=O)NCC2(C(=O)O)CCOCC2)oc2c(C)cccc12.